The van der Waals surface area contributed by atoms with Crippen molar-refractivity contribution in [3.63, 3.8) is 0 Å². The van der Waals surface area contributed by atoms with Gasteiger partial charge in [0.1, 0.15) is 5.01 Å². The van der Waals surface area contributed by atoms with E-state index in [1.54, 1.807) is 6.07 Å². The summed E-state index contributed by atoms with van der Waals surface area (Å²) in [7, 11) is 0. The first-order valence-electron chi connectivity index (χ1n) is 5.80. The van der Waals surface area contributed by atoms with Gasteiger partial charge in [-0.05, 0) is 19.4 Å². The second kappa shape index (κ2) is 5.72. The molecule has 2 aromatic rings. The molecule has 0 unspecified atom stereocenters. The van der Waals surface area contributed by atoms with E-state index in [1.165, 1.54) is 22.1 Å². The number of hydrogen-bond acceptors (Lipinski definition) is 6. The van der Waals surface area contributed by atoms with Crippen molar-refractivity contribution in [2.75, 3.05) is 11.9 Å². The zero-order valence-corrected chi connectivity index (χ0v) is 11.2. The minimum atomic E-state index is -0.126. The summed E-state index contributed by atoms with van der Waals surface area (Å²) in [5.74, 6) is 0. The van der Waals surface area contributed by atoms with Gasteiger partial charge >= 0.3 is 0 Å². The Hall–Kier alpha value is -1.76. The average Bonchev–Trinajstić information content (AvgIpc) is 2.79. The highest BCUT2D eigenvalue weighted by atomic mass is 32.1. The minimum Gasteiger partial charge on any atom is -0.360 e. The number of nitrogens with zero attached hydrogens (tertiary/aromatic N) is 4. The standard InChI is InChI=1S/C11H15N5OS/c1-3-6-12-11-14-13-9(18-11)7-16-10(17)5-4-8(2)15-16/h4-5H,3,6-7H2,1-2H3,(H,12,14). The molecule has 2 aromatic heterocycles. The van der Waals surface area contributed by atoms with E-state index in [-0.39, 0.29) is 5.56 Å². The second-order valence-electron chi connectivity index (χ2n) is 3.90. The summed E-state index contributed by atoms with van der Waals surface area (Å²) >= 11 is 1.45. The van der Waals surface area contributed by atoms with Crippen LogP contribution >= 0.6 is 11.3 Å². The molecule has 18 heavy (non-hydrogen) atoms. The second-order valence-corrected chi connectivity index (χ2v) is 4.96. The summed E-state index contributed by atoms with van der Waals surface area (Å²) in [6.07, 6.45) is 1.04. The predicted molar refractivity (Wildman–Crippen MR) is 71.0 cm³/mol. The Morgan fingerprint density at radius 1 is 1.39 bits per heavy atom. The molecule has 0 fully saturated rings. The minimum absolute atomic E-state index is 0.126. The van der Waals surface area contributed by atoms with Crippen LogP contribution in [0.15, 0.2) is 16.9 Å². The molecular formula is C11H15N5OS. The summed E-state index contributed by atoms with van der Waals surface area (Å²) in [5.41, 5.74) is 0.683. The molecule has 0 atom stereocenters. The van der Waals surface area contributed by atoms with E-state index in [0.717, 1.165) is 28.8 Å². The summed E-state index contributed by atoms with van der Waals surface area (Å²) < 4.78 is 1.40. The number of nitrogens with one attached hydrogen (secondary N) is 1. The van der Waals surface area contributed by atoms with Gasteiger partial charge in [0.25, 0.3) is 5.56 Å². The molecule has 7 heteroatoms. The van der Waals surface area contributed by atoms with Crippen LogP contribution in [0.4, 0.5) is 5.13 Å². The fourth-order valence-electron chi connectivity index (χ4n) is 1.41. The lowest BCUT2D eigenvalue weighted by molar-refractivity contribution is 0.622. The summed E-state index contributed by atoms with van der Waals surface area (Å²) in [5, 5.41) is 16.9. The van der Waals surface area contributed by atoms with Crippen LogP contribution in [-0.2, 0) is 6.54 Å². The van der Waals surface area contributed by atoms with Gasteiger partial charge in [-0.2, -0.15) is 5.10 Å². The van der Waals surface area contributed by atoms with Gasteiger partial charge in [0, 0.05) is 12.6 Å². The smallest absolute Gasteiger partial charge is 0.267 e. The normalized spacial score (nSPS) is 10.6. The van der Waals surface area contributed by atoms with Crippen molar-refractivity contribution in [3.8, 4) is 0 Å². The van der Waals surface area contributed by atoms with Crippen LogP contribution in [0.3, 0.4) is 0 Å². The Morgan fingerprint density at radius 3 is 3.00 bits per heavy atom. The van der Waals surface area contributed by atoms with Gasteiger partial charge < -0.3 is 5.32 Å². The molecule has 0 radical (unpaired) electrons. The van der Waals surface area contributed by atoms with Crippen molar-refractivity contribution < 1.29 is 0 Å². The maximum atomic E-state index is 11.6. The fraction of sp³-hybridized carbons (Fsp3) is 0.455. The van der Waals surface area contributed by atoms with E-state index in [2.05, 4.69) is 27.5 Å². The van der Waals surface area contributed by atoms with E-state index in [1.807, 2.05) is 6.92 Å². The molecule has 0 amide bonds. The molecule has 96 valence electrons. The number of anilines is 1. The van der Waals surface area contributed by atoms with Crippen LogP contribution in [-0.4, -0.2) is 26.5 Å². The molecule has 2 heterocycles. The van der Waals surface area contributed by atoms with Gasteiger partial charge in [0.2, 0.25) is 5.13 Å². The van der Waals surface area contributed by atoms with Crippen molar-refractivity contribution in [3.05, 3.63) is 33.2 Å². The van der Waals surface area contributed by atoms with Crippen molar-refractivity contribution in [2.24, 2.45) is 0 Å². The van der Waals surface area contributed by atoms with Crippen molar-refractivity contribution >= 4 is 16.5 Å². The van der Waals surface area contributed by atoms with Gasteiger partial charge in [-0.3, -0.25) is 4.79 Å². The highest BCUT2D eigenvalue weighted by molar-refractivity contribution is 7.15. The van der Waals surface area contributed by atoms with Gasteiger partial charge in [-0.1, -0.05) is 18.3 Å². The zero-order valence-electron chi connectivity index (χ0n) is 10.4. The Kier molecular flexibility index (Phi) is 4.03. The predicted octanol–water partition coefficient (Wildman–Crippen LogP) is 1.27. The zero-order chi connectivity index (χ0) is 13.0. The van der Waals surface area contributed by atoms with Crippen LogP contribution < -0.4 is 10.9 Å². The van der Waals surface area contributed by atoms with E-state index in [0.29, 0.717) is 6.54 Å². The molecule has 0 saturated carbocycles. The van der Waals surface area contributed by atoms with Crippen molar-refractivity contribution in [1.82, 2.24) is 20.0 Å². The lowest BCUT2D eigenvalue weighted by atomic mass is 10.4. The third kappa shape index (κ3) is 3.13. The highest BCUT2D eigenvalue weighted by Gasteiger charge is 2.06. The number of aromatic nitrogens is 4. The summed E-state index contributed by atoms with van der Waals surface area (Å²) in [4.78, 5) is 11.6. The maximum Gasteiger partial charge on any atom is 0.267 e. The molecule has 0 spiro atoms. The van der Waals surface area contributed by atoms with Crippen LogP contribution in [0.5, 0.6) is 0 Å². The van der Waals surface area contributed by atoms with Crippen LogP contribution in [0.2, 0.25) is 0 Å². The monoisotopic (exact) mass is 265 g/mol. The third-order valence-corrected chi connectivity index (χ3v) is 3.14. The Labute approximate surface area is 109 Å². The van der Waals surface area contributed by atoms with Gasteiger partial charge in [-0.25, -0.2) is 4.68 Å². The Bertz CT molecular complexity index is 577. The Morgan fingerprint density at radius 2 is 2.22 bits per heavy atom. The average molecular weight is 265 g/mol. The first kappa shape index (κ1) is 12.7. The number of aryl methyl sites for hydroxylation is 1. The maximum absolute atomic E-state index is 11.6. The SMILES string of the molecule is CCCNc1nnc(Cn2nc(C)ccc2=O)s1. The molecule has 0 aliphatic heterocycles. The summed E-state index contributed by atoms with van der Waals surface area (Å²) in [6, 6.07) is 3.22. The molecule has 1 N–H and O–H groups in total. The van der Waals surface area contributed by atoms with E-state index in [9.17, 15) is 4.79 Å². The third-order valence-electron chi connectivity index (χ3n) is 2.28. The van der Waals surface area contributed by atoms with E-state index in [4.69, 9.17) is 0 Å². The van der Waals surface area contributed by atoms with Crippen LogP contribution in [0.25, 0.3) is 0 Å². The fourth-order valence-corrected chi connectivity index (χ4v) is 2.16. The quantitative estimate of drug-likeness (QED) is 0.881. The number of hydrogen-bond donors (Lipinski definition) is 1. The van der Waals surface area contributed by atoms with Gasteiger partial charge in [0.05, 0.1) is 12.2 Å². The number of rotatable bonds is 5. The molecule has 6 nitrogen and oxygen atoms in total. The van der Waals surface area contributed by atoms with Gasteiger partial charge in [0.15, 0.2) is 0 Å². The molecule has 0 aromatic carbocycles. The van der Waals surface area contributed by atoms with Crippen LogP contribution in [0, 0.1) is 6.92 Å². The van der Waals surface area contributed by atoms with Crippen molar-refractivity contribution in [2.45, 2.75) is 26.8 Å². The lowest BCUT2D eigenvalue weighted by Crippen LogP contribution is -2.22. The molecule has 0 saturated heterocycles. The summed E-state index contributed by atoms with van der Waals surface area (Å²) in [6.45, 7) is 5.18. The van der Waals surface area contributed by atoms with Crippen LogP contribution in [0.1, 0.15) is 24.0 Å². The Balaban J connectivity index is 2.11. The first-order valence-corrected chi connectivity index (χ1v) is 6.61. The van der Waals surface area contributed by atoms with Gasteiger partial charge in [-0.15, -0.1) is 10.2 Å². The van der Waals surface area contributed by atoms with E-state index >= 15 is 0 Å². The highest BCUT2D eigenvalue weighted by Crippen LogP contribution is 2.15. The molecular weight excluding hydrogens is 250 g/mol. The topological polar surface area (TPSA) is 72.7 Å². The lowest BCUT2D eigenvalue weighted by Gasteiger charge is -2.01. The molecule has 0 aliphatic rings. The molecule has 0 bridgehead atoms. The molecule has 0 aliphatic carbocycles. The van der Waals surface area contributed by atoms with E-state index < -0.39 is 0 Å². The first-order chi connectivity index (χ1) is 8.69. The molecule has 2 rings (SSSR count). The largest absolute Gasteiger partial charge is 0.360 e. The van der Waals surface area contributed by atoms with Crippen molar-refractivity contribution in [1.29, 1.82) is 0 Å².